The van der Waals surface area contributed by atoms with Crippen LogP contribution in [-0.2, 0) is 0 Å². The monoisotopic (exact) mass is 277 g/mol. The molecule has 0 bridgehead atoms. The Labute approximate surface area is 119 Å². The quantitative estimate of drug-likeness (QED) is 0.650. The summed E-state index contributed by atoms with van der Waals surface area (Å²) < 4.78 is 0. The van der Waals surface area contributed by atoms with Gasteiger partial charge >= 0.3 is 5.69 Å². The molecule has 110 valence electrons. The summed E-state index contributed by atoms with van der Waals surface area (Å²) in [6, 6.07) is 1.97. The summed E-state index contributed by atoms with van der Waals surface area (Å²) >= 11 is 0. The molecule has 1 aliphatic carbocycles. The highest BCUT2D eigenvalue weighted by Gasteiger charge is 2.26. The molecule has 1 aromatic rings. The van der Waals surface area contributed by atoms with Gasteiger partial charge in [0.1, 0.15) is 0 Å². The van der Waals surface area contributed by atoms with Crippen LogP contribution in [0.1, 0.15) is 51.0 Å². The molecule has 0 radical (unpaired) electrons. The van der Waals surface area contributed by atoms with Gasteiger partial charge in [-0.15, -0.1) is 0 Å². The standard InChI is InChI=1S/C15H23N3O2/c1-3-13(12-7-5-4-6-8-12)17-15-14(18(19)20)11(2)9-10-16-15/h9-10,12-13H,3-8H2,1-2H3,(H,16,17). The van der Waals surface area contributed by atoms with Crippen molar-refractivity contribution in [2.75, 3.05) is 5.32 Å². The number of hydrogen-bond acceptors (Lipinski definition) is 4. The lowest BCUT2D eigenvalue weighted by Gasteiger charge is -2.30. The summed E-state index contributed by atoms with van der Waals surface area (Å²) in [6.07, 6.45) is 8.89. The van der Waals surface area contributed by atoms with Crippen molar-refractivity contribution in [3.63, 3.8) is 0 Å². The smallest absolute Gasteiger partial charge is 0.314 e. The van der Waals surface area contributed by atoms with Gasteiger partial charge in [-0.25, -0.2) is 4.98 Å². The number of pyridine rings is 1. The van der Waals surface area contributed by atoms with Crippen molar-refractivity contribution < 1.29 is 4.92 Å². The Balaban J connectivity index is 2.18. The van der Waals surface area contributed by atoms with Gasteiger partial charge in [-0.05, 0) is 38.2 Å². The second kappa shape index (κ2) is 6.68. The van der Waals surface area contributed by atoms with Crippen LogP contribution in [0.15, 0.2) is 12.3 Å². The molecule has 0 aliphatic heterocycles. The van der Waals surface area contributed by atoms with E-state index in [0.29, 0.717) is 17.3 Å². The first-order chi connectivity index (χ1) is 9.63. The SMILES string of the molecule is CCC(Nc1nccc(C)c1[N+](=O)[O-])C1CCCCC1. The fourth-order valence-corrected chi connectivity index (χ4v) is 3.15. The maximum absolute atomic E-state index is 11.2. The molecule has 0 amide bonds. The lowest BCUT2D eigenvalue weighted by atomic mass is 9.83. The third kappa shape index (κ3) is 3.26. The highest BCUT2D eigenvalue weighted by Crippen LogP contribution is 2.32. The lowest BCUT2D eigenvalue weighted by Crippen LogP contribution is -2.30. The Hall–Kier alpha value is -1.65. The van der Waals surface area contributed by atoms with Crippen LogP contribution in [0.25, 0.3) is 0 Å². The van der Waals surface area contributed by atoms with Crippen LogP contribution in [0.5, 0.6) is 0 Å². The van der Waals surface area contributed by atoms with Gasteiger partial charge < -0.3 is 5.32 Å². The second-order valence-electron chi connectivity index (χ2n) is 5.64. The predicted molar refractivity (Wildman–Crippen MR) is 79.9 cm³/mol. The molecule has 0 spiro atoms. The molecule has 5 heteroatoms. The van der Waals surface area contributed by atoms with E-state index in [1.165, 1.54) is 32.1 Å². The fraction of sp³-hybridized carbons (Fsp3) is 0.667. The normalized spacial score (nSPS) is 17.7. The number of aryl methyl sites for hydroxylation is 1. The molecule has 1 unspecified atom stereocenters. The maximum Gasteiger partial charge on any atom is 0.314 e. The average Bonchev–Trinajstić information content (AvgIpc) is 2.45. The van der Waals surface area contributed by atoms with Crippen LogP contribution in [0.2, 0.25) is 0 Å². The Bertz CT molecular complexity index is 470. The minimum atomic E-state index is -0.335. The number of anilines is 1. The number of rotatable bonds is 5. The first-order valence-electron chi connectivity index (χ1n) is 7.50. The Morgan fingerprint density at radius 1 is 1.45 bits per heavy atom. The summed E-state index contributed by atoms with van der Waals surface area (Å²) in [5.74, 6) is 1.03. The van der Waals surface area contributed by atoms with Crippen molar-refractivity contribution in [3.8, 4) is 0 Å². The summed E-state index contributed by atoms with van der Waals surface area (Å²) in [4.78, 5) is 15.1. The van der Waals surface area contributed by atoms with Crippen molar-refractivity contribution >= 4 is 11.5 Å². The number of hydrogen-bond donors (Lipinski definition) is 1. The van der Waals surface area contributed by atoms with Gasteiger partial charge in [-0.1, -0.05) is 26.2 Å². The third-order valence-electron chi connectivity index (χ3n) is 4.29. The van der Waals surface area contributed by atoms with E-state index in [2.05, 4.69) is 17.2 Å². The van der Waals surface area contributed by atoms with Crippen LogP contribution >= 0.6 is 0 Å². The molecule has 1 heterocycles. The van der Waals surface area contributed by atoms with Crippen molar-refractivity contribution in [3.05, 3.63) is 27.9 Å². The van der Waals surface area contributed by atoms with E-state index in [0.717, 1.165) is 6.42 Å². The number of nitrogens with one attached hydrogen (secondary N) is 1. The molecule has 2 rings (SSSR count). The largest absolute Gasteiger partial charge is 0.361 e. The molecule has 1 aromatic heterocycles. The summed E-state index contributed by atoms with van der Waals surface area (Å²) in [5.41, 5.74) is 0.771. The minimum absolute atomic E-state index is 0.113. The number of nitrogens with zero attached hydrogens (tertiary/aromatic N) is 2. The number of aromatic nitrogens is 1. The molecule has 1 atom stereocenters. The van der Waals surface area contributed by atoms with Gasteiger partial charge in [-0.2, -0.15) is 0 Å². The zero-order chi connectivity index (χ0) is 14.5. The van der Waals surface area contributed by atoms with Gasteiger partial charge in [0.15, 0.2) is 0 Å². The summed E-state index contributed by atoms with van der Waals surface area (Å²) in [7, 11) is 0. The highest BCUT2D eigenvalue weighted by atomic mass is 16.6. The van der Waals surface area contributed by atoms with E-state index in [1.807, 2.05) is 0 Å². The Kier molecular flexibility index (Phi) is 4.93. The first kappa shape index (κ1) is 14.8. The molecule has 1 N–H and O–H groups in total. The molecule has 1 aliphatic rings. The van der Waals surface area contributed by atoms with E-state index in [1.54, 1.807) is 19.2 Å². The van der Waals surface area contributed by atoms with Gasteiger partial charge in [0, 0.05) is 17.8 Å². The molecule has 1 fully saturated rings. The Morgan fingerprint density at radius 3 is 2.75 bits per heavy atom. The lowest BCUT2D eigenvalue weighted by molar-refractivity contribution is -0.384. The van der Waals surface area contributed by atoms with Gasteiger partial charge in [0.2, 0.25) is 5.82 Å². The summed E-state index contributed by atoms with van der Waals surface area (Å²) in [5, 5.41) is 14.6. The summed E-state index contributed by atoms with van der Waals surface area (Å²) in [6.45, 7) is 3.89. The van der Waals surface area contributed by atoms with E-state index in [-0.39, 0.29) is 16.7 Å². The zero-order valence-corrected chi connectivity index (χ0v) is 12.3. The molecule has 0 aromatic carbocycles. The van der Waals surface area contributed by atoms with Crippen LogP contribution < -0.4 is 5.32 Å². The molecular weight excluding hydrogens is 254 g/mol. The van der Waals surface area contributed by atoms with Crippen LogP contribution in [0.4, 0.5) is 11.5 Å². The Morgan fingerprint density at radius 2 is 2.15 bits per heavy atom. The number of nitro groups is 1. The zero-order valence-electron chi connectivity index (χ0n) is 12.3. The molecule has 0 saturated heterocycles. The molecule has 5 nitrogen and oxygen atoms in total. The van der Waals surface area contributed by atoms with E-state index < -0.39 is 0 Å². The molecular formula is C15H23N3O2. The molecule has 1 saturated carbocycles. The van der Waals surface area contributed by atoms with Gasteiger partial charge in [0.05, 0.1) is 4.92 Å². The average molecular weight is 277 g/mol. The third-order valence-corrected chi connectivity index (χ3v) is 4.29. The van der Waals surface area contributed by atoms with Gasteiger partial charge in [0.25, 0.3) is 0 Å². The van der Waals surface area contributed by atoms with Crippen LogP contribution in [0, 0.1) is 23.0 Å². The topological polar surface area (TPSA) is 68.1 Å². The molecule has 20 heavy (non-hydrogen) atoms. The minimum Gasteiger partial charge on any atom is -0.361 e. The highest BCUT2D eigenvalue weighted by molar-refractivity contribution is 5.60. The van der Waals surface area contributed by atoms with Crippen LogP contribution in [-0.4, -0.2) is 15.9 Å². The van der Waals surface area contributed by atoms with Crippen molar-refractivity contribution in [2.45, 2.75) is 58.4 Å². The van der Waals surface area contributed by atoms with E-state index >= 15 is 0 Å². The van der Waals surface area contributed by atoms with Crippen molar-refractivity contribution in [2.24, 2.45) is 5.92 Å². The van der Waals surface area contributed by atoms with E-state index in [4.69, 9.17) is 0 Å². The first-order valence-corrected chi connectivity index (χ1v) is 7.50. The fourth-order valence-electron chi connectivity index (χ4n) is 3.15. The van der Waals surface area contributed by atoms with Gasteiger partial charge in [-0.3, -0.25) is 10.1 Å². The van der Waals surface area contributed by atoms with Crippen molar-refractivity contribution in [1.82, 2.24) is 4.98 Å². The second-order valence-corrected chi connectivity index (χ2v) is 5.64. The van der Waals surface area contributed by atoms with E-state index in [9.17, 15) is 10.1 Å². The maximum atomic E-state index is 11.2. The van der Waals surface area contributed by atoms with Crippen LogP contribution in [0.3, 0.4) is 0 Å². The van der Waals surface area contributed by atoms with Crippen molar-refractivity contribution in [1.29, 1.82) is 0 Å². The predicted octanol–water partition coefficient (Wildman–Crippen LogP) is 4.07.